The van der Waals surface area contributed by atoms with E-state index in [-0.39, 0.29) is 24.2 Å². The first kappa shape index (κ1) is 10.8. The molecule has 0 radical (unpaired) electrons. The second-order valence-corrected chi connectivity index (χ2v) is 3.88. The average molecular weight is 205 g/mol. The Morgan fingerprint density at radius 3 is 2.69 bits per heavy atom. The van der Waals surface area contributed by atoms with Crippen LogP contribution >= 0.6 is 12.4 Å². The van der Waals surface area contributed by atoms with E-state index in [0.717, 1.165) is 32.0 Å². The van der Waals surface area contributed by atoms with Crippen LogP contribution in [0.2, 0.25) is 0 Å². The van der Waals surface area contributed by atoms with Crippen molar-refractivity contribution in [2.75, 3.05) is 19.6 Å². The maximum absolute atomic E-state index is 11.4. The summed E-state index contributed by atoms with van der Waals surface area (Å²) >= 11 is 0. The molecular weight excluding hydrogens is 188 g/mol. The lowest BCUT2D eigenvalue weighted by Crippen LogP contribution is -2.33. The molecule has 3 nitrogen and oxygen atoms in total. The van der Waals surface area contributed by atoms with Gasteiger partial charge in [0.05, 0.1) is 5.92 Å². The molecule has 2 N–H and O–H groups in total. The van der Waals surface area contributed by atoms with Crippen molar-refractivity contribution < 1.29 is 4.79 Å². The van der Waals surface area contributed by atoms with E-state index in [0.29, 0.717) is 0 Å². The molecular formula is C9H17ClN2O. The van der Waals surface area contributed by atoms with Crippen LogP contribution in [0.5, 0.6) is 0 Å². The van der Waals surface area contributed by atoms with Gasteiger partial charge in [-0.05, 0) is 31.7 Å². The molecule has 1 aliphatic carbocycles. The highest BCUT2D eigenvalue weighted by molar-refractivity contribution is 5.85. The number of halogens is 1. The molecule has 1 saturated carbocycles. The van der Waals surface area contributed by atoms with Gasteiger partial charge >= 0.3 is 0 Å². The van der Waals surface area contributed by atoms with E-state index in [1.54, 1.807) is 0 Å². The Morgan fingerprint density at radius 1 is 1.38 bits per heavy atom. The quantitative estimate of drug-likeness (QED) is 0.705. The third kappa shape index (κ3) is 3.16. The molecule has 0 spiro atoms. The molecule has 1 amide bonds. The predicted molar refractivity (Wildman–Crippen MR) is 54.0 cm³/mol. The zero-order chi connectivity index (χ0) is 8.39. The van der Waals surface area contributed by atoms with Gasteiger partial charge in [0.25, 0.3) is 0 Å². The highest BCUT2D eigenvalue weighted by atomic mass is 35.5. The van der Waals surface area contributed by atoms with Gasteiger partial charge in [0.1, 0.15) is 0 Å². The molecule has 2 rings (SSSR count). The van der Waals surface area contributed by atoms with E-state index in [1.165, 1.54) is 12.8 Å². The van der Waals surface area contributed by atoms with Crippen molar-refractivity contribution in [3.63, 3.8) is 0 Å². The summed E-state index contributed by atoms with van der Waals surface area (Å²) in [7, 11) is 0. The molecule has 2 aliphatic rings. The van der Waals surface area contributed by atoms with E-state index < -0.39 is 0 Å². The summed E-state index contributed by atoms with van der Waals surface area (Å²) in [6.45, 7) is 2.79. The molecule has 0 aromatic carbocycles. The van der Waals surface area contributed by atoms with Crippen molar-refractivity contribution >= 4 is 18.3 Å². The molecule has 2 fully saturated rings. The van der Waals surface area contributed by atoms with Crippen molar-refractivity contribution in [1.82, 2.24) is 10.6 Å². The minimum atomic E-state index is 0. The molecule has 76 valence electrons. The van der Waals surface area contributed by atoms with E-state index in [9.17, 15) is 4.79 Å². The van der Waals surface area contributed by atoms with Crippen LogP contribution in [0.4, 0.5) is 0 Å². The zero-order valence-corrected chi connectivity index (χ0v) is 8.53. The normalized spacial score (nSPS) is 26.6. The Kier molecular flexibility index (Phi) is 4.00. The minimum absolute atomic E-state index is 0. The van der Waals surface area contributed by atoms with Crippen molar-refractivity contribution in [1.29, 1.82) is 0 Å². The van der Waals surface area contributed by atoms with Crippen LogP contribution in [-0.2, 0) is 4.79 Å². The lowest BCUT2D eigenvalue weighted by atomic mass is 10.1. The van der Waals surface area contributed by atoms with E-state index in [4.69, 9.17) is 0 Å². The van der Waals surface area contributed by atoms with Crippen molar-refractivity contribution in [3.05, 3.63) is 0 Å². The lowest BCUT2D eigenvalue weighted by Gasteiger charge is -2.08. The second kappa shape index (κ2) is 4.82. The number of carbonyl (C=O) groups excluding carboxylic acids is 1. The summed E-state index contributed by atoms with van der Waals surface area (Å²) in [5.74, 6) is 1.29. The molecule has 4 heteroatoms. The van der Waals surface area contributed by atoms with Crippen molar-refractivity contribution in [2.24, 2.45) is 11.8 Å². The zero-order valence-electron chi connectivity index (χ0n) is 7.71. The summed E-state index contributed by atoms with van der Waals surface area (Å²) < 4.78 is 0. The summed E-state index contributed by atoms with van der Waals surface area (Å²) in [6, 6.07) is 0. The Labute approximate surface area is 85.1 Å². The Morgan fingerprint density at radius 2 is 2.15 bits per heavy atom. The van der Waals surface area contributed by atoms with Crippen molar-refractivity contribution in [2.45, 2.75) is 19.3 Å². The van der Waals surface area contributed by atoms with Crippen LogP contribution < -0.4 is 10.6 Å². The third-order valence-electron chi connectivity index (χ3n) is 2.69. The average Bonchev–Trinajstić information content (AvgIpc) is 2.74. The van der Waals surface area contributed by atoms with Crippen LogP contribution in [0.1, 0.15) is 19.3 Å². The fourth-order valence-corrected chi connectivity index (χ4v) is 1.59. The number of carbonyl (C=O) groups is 1. The highest BCUT2D eigenvalue weighted by Crippen LogP contribution is 2.27. The molecule has 0 aromatic heterocycles. The maximum atomic E-state index is 11.4. The predicted octanol–water partition coefficient (Wildman–Crippen LogP) is 0.544. The number of hydrogen-bond donors (Lipinski definition) is 2. The molecule has 1 saturated heterocycles. The van der Waals surface area contributed by atoms with Crippen LogP contribution in [0, 0.1) is 11.8 Å². The van der Waals surface area contributed by atoms with Crippen LogP contribution in [-0.4, -0.2) is 25.5 Å². The second-order valence-electron chi connectivity index (χ2n) is 3.88. The molecule has 1 atom stereocenters. The molecule has 0 unspecified atom stereocenters. The molecule has 1 heterocycles. The Balaban J connectivity index is 0.000000845. The molecule has 0 bridgehead atoms. The standard InChI is InChI=1S/C9H16N2O.ClH/c12-9(8-3-4-10-6-8)11-5-7-1-2-7;/h7-8,10H,1-6H2,(H,11,12);1H/t8-;/m0./s1. The number of rotatable bonds is 3. The van der Waals surface area contributed by atoms with Gasteiger partial charge in [0.2, 0.25) is 5.91 Å². The number of nitrogens with one attached hydrogen (secondary N) is 2. The Bertz CT molecular complexity index is 176. The van der Waals surface area contributed by atoms with E-state index in [2.05, 4.69) is 10.6 Å². The number of amides is 1. The minimum Gasteiger partial charge on any atom is -0.356 e. The SMILES string of the molecule is Cl.O=C(NCC1CC1)[C@H]1CCNC1. The topological polar surface area (TPSA) is 41.1 Å². The van der Waals surface area contributed by atoms with Gasteiger partial charge in [-0.3, -0.25) is 4.79 Å². The third-order valence-corrected chi connectivity index (χ3v) is 2.69. The number of hydrogen-bond acceptors (Lipinski definition) is 2. The largest absolute Gasteiger partial charge is 0.356 e. The molecule has 13 heavy (non-hydrogen) atoms. The lowest BCUT2D eigenvalue weighted by molar-refractivity contribution is -0.124. The van der Waals surface area contributed by atoms with Gasteiger partial charge in [-0.15, -0.1) is 12.4 Å². The van der Waals surface area contributed by atoms with Crippen LogP contribution in [0.15, 0.2) is 0 Å². The van der Waals surface area contributed by atoms with Crippen LogP contribution in [0.25, 0.3) is 0 Å². The summed E-state index contributed by atoms with van der Waals surface area (Å²) in [5, 5.41) is 6.20. The highest BCUT2D eigenvalue weighted by Gasteiger charge is 2.25. The van der Waals surface area contributed by atoms with Gasteiger partial charge < -0.3 is 10.6 Å². The molecule has 1 aliphatic heterocycles. The van der Waals surface area contributed by atoms with Crippen LogP contribution in [0.3, 0.4) is 0 Å². The monoisotopic (exact) mass is 204 g/mol. The summed E-state index contributed by atoms with van der Waals surface area (Å²) in [5.41, 5.74) is 0. The first-order valence-corrected chi connectivity index (χ1v) is 4.84. The van der Waals surface area contributed by atoms with Crippen molar-refractivity contribution in [3.8, 4) is 0 Å². The fourth-order valence-electron chi connectivity index (χ4n) is 1.59. The summed E-state index contributed by atoms with van der Waals surface area (Å²) in [6.07, 6.45) is 3.63. The maximum Gasteiger partial charge on any atom is 0.224 e. The van der Waals surface area contributed by atoms with Gasteiger partial charge in [-0.2, -0.15) is 0 Å². The van der Waals surface area contributed by atoms with Gasteiger partial charge in [0, 0.05) is 13.1 Å². The van der Waals surface area contributed by atoms with Gasteiger partial charge in [-0.25, -0.2) is 0 Å². The Hall–Kier alpha value is -0.280. The van der Waals surface area contributed by atoms with E-state index >= 15 is 0 Å². The van der Waals surface area contributed by atoms with Gasteiger partial charge in [0.15, 0.2) is 0 Å². The first-order chi connectivity index (χ1) is 5.86. The molecule has 0 aromatic rings. The smallest absolute Gasteiger partial charge is 0.224 e. The van der Waals surface area contributed by atoms with Gasteiger partial charge in [-0.1, -0.05) is 0 Å². The summed E-state index contributed by atoms with van der Waals surface area (Å²) in [4.78, 5) is 11.4. The van der Waals surface area contributed by atoms with E-state index in [1.807, 2.05) is 0 Å². The fraction of sp³-hybridized carbons (Fsp3) is 0.889. The first-order valence-electron chi connectivity index (χ1n) is 4.84.